The van der Waals surface area contributed by atoms with Gasteiger partial charge in [0.05, 0.1) is 13.2 Å². The van der Waals surface area contributed by atoms with Crippen molar-refractivity contribution in [3.05, 3.63) is 42.0 Å². The molecule has 1 saturated heterocycles. The second-order valence-electron chi connectivity index (χ2n) is 7.07. The van der Waals surface area contributed by atoms with Crippen LogP contribution in [0.25, 0.3) is 11.1 Å². The molecule has 0 unspecified atom stereocenters. The van der Waals surface area contributed by atoms with Crippen LogP contribution in [-0.2, 0) is 0 Å². The third-order valence-corrected chi connectivity index (χ3v) is 4.93. The Morgan fingerprint density at radius 1 is 1.13 bits per heavy atom. The number of aromatic nitrogens is 2. The SMILES string of the molecule is O=C(NCCO)c1ncc(-c2cc(F)c(OCC3CCN(C(=O)O)CC3)c(F)c2)cn1. The number of amides is 2. The molecule has 11 heteroatoms. The summed E-state index contributed by atoms with van der Waals surface area (Å²) in [5, 5.41) is 20.1. The minimum Gasteiger partial charge on any atom is -0.487 e. The minimum absolute atomic E-state index is 0.00648. The van der Waals surface area contributed by atoms with E-state index in [0.29, 0.717) is 31.5 Å². The first-order valence-corrected chi connectivity index (χ1v) is 9.70. The molecule has 0 saturated carbocycles. The van der Waals surface area contributed by atoms with E-state index in [9.17, 15) is 18.4 Å². The number of nitrogens with one attached hydrogen (secondary N) is 1. The third-order valence-electron chi connectivity index (χ3n) is 4.93. The zero-order chi connectivity index (χ0) is 22.4. The van der Waals surface area contributed by atoms with Crippen molar-refractivity contribution in [3.8, 4) is 16.9 Å². The van der Waals surface area contributed by atoms with Crippen LogP contribution in [0.3, 0.4) is 0 Å². The molecule has 2 aromatic rings. The normalized spacial score (nSPS) is 14.4. The molecule has 1 aromatic heterocycles. The summed E-state index contributed by atoms with van der Waals surface area (Å²) in [5.41, 5.74) is 0.489. The van der Waals surface area contributed by atoms with Gasteiger partial charge in [0.25, 0.3) is 5.91 Å². The number of nitrogens with zero attached hydrogens (tertiary/aromatic N) is 3. The van der Waals surface area contributed by atoms with Gasteiger partial charge in [0, 0.05) is 37.6 Å². The molecule has 1 aliphatic heterocycles. The van der Waals surface area contributed by atoms with Crippen molar-refractivity contribution in [1.82, 2.24) is 20.2 Å². The van der Waals surface area contributed by atoms with Crippen molar-refractivity contribution in [3.63, 3.8) is 0 Å². The fourth-order valence-corrected chi connectivity index (χ4v) is 3.20. The molecule has 31 heavy (non-hydrogen) atoms. The average molecular weight is 436 g/mol. The lowest BCUT2D eigenvalue weighted by atomic mass is 9.98. The van der Waals surface area contributed by atoms with E-state index in [4.69, 9.17) is 14.9 Å². The van der Waals surface area contributed by atoms with Gasteiger partial charge in [0.2, 0.25) is 5.82 Å². The van der Waals surface area contributed by atoms with Gasteiger partial charge in [-0.05, 0) is 36.5 Å². The fraction of sp³-hybridized carbons (Fsp3) is 0.400. The highest BCUT2D eigenvalue weighted by Gasteiger charge is 2.24. The highest BCUT2D eigenvalue weighted by Crippen LogP contribution is 2.29. The van der Waals surface area contributed by atoms with E-state index in [1.807, 2.05) is 0 Å². The molecule has 2 heterocycles. The topological polar surface area (TPSA) is 125 Å². The molecule has 0 spiro atoms. The van der Waals surface area contributed by atoms with Crippen molar-refractivity contribution < 1.29 is 33.3 Å². The van der Waals surface area contributed by atoms with E-state index in [2.05, 4.69) is 15.3 Å². The monoisotopic (exact) mass is 436 g/mol. The van der Waals surface area contributed by atoms with Crippen molar-refractivity contribution in [2.24, 2.45) is 5.92 Å². The van der Waals surface area contributed by atoms with Gasteiger partial charge in [-0.15, -0.1) is 0 Å². The van der Waals surface area contributed by atoms with Crippen LogP contribution in [0.5, 0.6) is 5.75 Å². The van der Waals surface area contributed by atoms with Gasteiger partial charge in [-0.2, -0.15) is 0 Å². The number of rotatable bonds is 7. The molecule has 9 nitrogen and oxygen atoms in total. The second kappa shape index (κ2) is 10.1. The van der Waals surface area contributed by atoms with Gasteiger partial charge < -0.3 is 25.2 Å². The number of benzene rings is 1. The number of aliphatic hydroxyl groups is 1. The lowest BCUT2D eigenvalue weighted by molar-refractivity contribution is 0.0934. The Kier molecular flexibility index (Phi) is 7.29. The summed E-state index contributed by atoms with van der Waals surface area (Å²) in [6.45, 7) is 0.642. The Labute approximate surface area is 176 Å². The number of carbonyl (C=O) groups excluding carboxylic acids is 1. The first-order chi connectivity index (χ1) is 14.9. The Morgan fingerprint density at radius 2 is 1.74 bits per heavy atom. The standard InChI is InChI=1S/C20H22F2N4O5/c21-15-7-13(14-9-24-18(25-10-14)19(28)23-3-6-27)8-16(22)17(15)31-11-12-1-4-26(5-2-12)20(29)30/h7-10,12,27H,1-6,11H2,(H,23,28)(H,29,30). The average Bonchev–Trinajstić information content (AvgIpc) is 2.77. The van der Waals surface area contributed by atoms with E-state index in [0.717, 1.165) is 12.1 Å². The van der Waals surface area contributed by atoms with Crippen LogP contribution >= 0.6 is 0 Å². The van der Waals surface area contributed by atoms with E-state index in [-0.39, 0.29) is 37.1 Å². The van der Waals surface area contributed by atoms with Crippen LogP contribution in [0, 0.1) is 17.6 Å². The largest absolute Gasteiger partial charge is 0.487 e. The molecule has 3 rings (SSSR count). The molecule has 0 radical (unpaired) electrons. The number of aliphatic hydroxyl groups excluding tert-OH is 1. The number of carboxylic acid groups (broad SMARTS) is 1. The summed E-state index contributed by atoms with van der Waals surface area (Å²) < 4.78 is 34.3. The van der Waals surface area contributed by atoms with Crippen LogP contribution in [-0.4, -0.2) is 69.9 Å². The molecule has 1 aromatic carbocycles. The highest BCUT2D eigenvalue weighted by molar-refractivity contribution is 5.90. The number of likely N-dealkylation sites (tertiary alicyclic amines) is 1. The summed E-state index contributed by atoms with van der Waals surface area (Å²) in [4.78, 5) is 31.7. The first kappa shape index (κ1) is 22.3. The number of carbonyl (C=O) groups is 2. The van der Waals surface area contributed by atoms with E-state index in [1.54, 1.807) is 0 Å². The number of halogens is 2. The van der Waals surface area contributed by atoms with Gasteiger partial charge >= 0.3 is 6.09 Å². The maximum Gasteiger partial charge on any atom is 0.407 e. The smallest absolute Gasteiger partial charge is 0.407 e. The van der Waals surface area contributed by atoms with E-state index < -0.39 is 29.4 Å². The maximum absolute atomic E-state index is 14.5. The molecular formula is C20H22F2N4O5. The predicted octanol–water partition coefficient (Wildman–Crippen LogP) is 1.91. The van der Waals surface area contributed by atoms with Crippen LogP contribution < -0.4 is 10.1 Å². The van der Waals surface area contributed by atoms with Crippen LogP contribution in [0.4, 0.5) is 13.6 Å². The molecule has 0 atom stereocenters. The number of hydrogen-bond acceptors (Lipinski definition) is 6. The van der Waals surface area contributed by atoms with Crippen LogP contribution in [0.1, 0.15) is 23.5 Å². The van der Waals surface area contributed by atoms with E-state index >= 15 is 0 Å². The Hall–Kier alpha value is -3.34. The predicted molar refractivity (Wildman–Crippen MR) is 105 cm³/mol. The van der Waals surface area contributed by atoms with Crippen molar-refractivity contribution in [2.75, 3.05) is 32.8 Å². The molecule has 1 aliphatic rings. The molecular weight excluding hydrogens is 414 g/mol. The van der Waals surface area contributed by atoms with Gasteiger partial charge in [0.1, 0.15) is 0 Å². The quantitative estimate of drug-likeness (QED) is 0.606. The lowest BCUT2D eigenvalue weighted by Gasteiger charge is -2.29. The third kappa shape index (κ3) is 5.63. The minimum atomic E-state index is -0.977. The summed E-state index contributed by atoms with van der Waals surface area (Å²) in [7, 11) is 0. The zero-order valence-electron chi connectivity index (χ0n) is 16.6. The summed E-state index contributed by atoms with van der Waals surface area (Å²) >= 11 is 0. The Bertz CT molecular complexity index is 911. The van der Waals surface area contributed by atoms with Gasteiger partial charge in [-0.3, -0.25) is 4.79 Å². The highest BCUT2D eigenvalue weighted by atomic mass is 19.1. The van der Waals surface area contributed by atoms with Crippen molar-refractivity contribution in [1.29, 1.82) is 0 Å². The molecule has 2 amide bonds. The second-order valence-corrected chi connectivity index (χ2v) is 7.07. The van der Waals surface area contributed by atoms with Gasteiger partial charge in [-0.25, -0.2) is 23.5 Å². The van der Waals surface area contributed by atoms with E-state index in [1.165, 1.54) is 17.3 Å². The van der Waals surface area contributed by atoms with Gasteiger partial charge in [0.15, 0.2) is 17.4 Å². The molecule has 3 N–H and O–H groups in total. The van der Waals surface area contributed by atoms with Crippen molar-refractivity contribution >= 4 is 12.0 Å². The summed E-state index contributed by atoms with van der Waals surface area (Å²) in [6.07, 6.45) is 2.68. The Morgan fingerprint density at radius 3 is 2.29 bits per heavy atom. The fourth-order valence-electron chi connectivity index (χ4n) is 3.20. The lowest BCUT2D eigenvalue weighted by Crippen LogP contribution is -2.38. The van der Waals surface area contributed by atoms with Crippen molar-refractivity contribution in [2.45, 2.75) is 12.8 Å². The Balaban J connectivity index is 1.64. The van der Waals surface area contributed by atoms with Crippen LogP contribution in [0.15, 0.2) is 24.5 Å². The molecule has 0 aliphatic carbocycles. The number of hydrogen-bond donors (Lipinski definition) is 3. The number of piperidine rings is 1. The molecule has 1 fully saturated rings. The maximum atomic E-state index is 14.5. The molecule has 0 bridgehead atoms. The summed E-state index contributed by atoms with van der Waals surface area (Å²) in [5.74, 6) is -2.97. The number of ether oxygens (including phenoxy) is 1. The van der Waals surface area contributed by atoms with Gasteiger partial charge in [-0.1, -0.05) is 0 Å². The first-order valence-electron chi connectivity index (χ1n) is 9.70. The zero-order valence-corrected chi connectivity index (χ0v) is 16.6. The summed E-state index contributed by atoms with van der Waals surface area (Å²) in [6, 6.07) is 2.19. The molecule has 166 valence electrons. The van der Waals surface area contributed by atoms with Crippen LogP contribution in [0.2, 0.25) is 0 Å².